The van der Waals surface area contributed by atoms with Crippen molar-refractivity contribution in [1.82, 2.24) is 4.98 Å². The quantitative estimate of drug-likeness (QED) is 0.381. The van der Waals surface area contributed by atoms with Crippen LogP contribution in [0.1, 0.15) is 37.3 Å². The van der Waals surface area contributed by atoms with Gasteiger partial charge in [-0.15, -0.1) is 0 Å². The van der Waals surface area contributed by atoms with Crippen LogP contribution in [0.5, 0.6) is 5.75 Å². The van der Waals surface area contributed by atoms with Crippen LogP contribution in [0.3, 0.4) is 0 Å². The first-order valence-electron chi connectivity index (χ1n) is 11.0. The van der Waals surface area contributed by atoms with Crippen molar-refractivity contribution in [2.75, 3.05) is 19.0 Å². The molecule has 0 aliphatic heterocycles. The van der Waals surface area contributed by atoms with Crippen molar-refractivity contribution in [2.45, 2.75) is 45.5 Å². The normalized spacial score (nSPS) is 12.6. The maximum Gasteiger partial charge on any atom is 0.226 e. The third-order valence-corrected chi connectivity index (χ3v) is 7.25. The lowest BCUT2D eigenvalue weighted by Gasteiger charge is -2.16. The number of benzene rings is 2. The molecular weight excluding hydrogens is 426 g/mol. The Morgan fingerprint density at radius 2 is 1.72 bits per heavy atom. The number of oxazole rings is 1. The lowest BCUT2D eigenvalue weighted by molar-refractivity contribution is 0.111. The molecular formula is C25H31NO5S. The Hall–Kier alpha value is -2.64. The molecule has 1 atom stereocenters. The number of nitrogens with zero attached hydrogens (tertiary/aromatic N) is 1. The van der Waals surface area contributed by atoms with E-state index in [1.165, 1.54) is 0 Å². The minimum Gasteiger partial charge on any atom is -0.493 e. The van der Waals surface area contributed by atoms with Gasteiger partial charge in [-0.2, -0.15) is 0 Å². The van der Waals surface area contributed by atoms with E-state index in [1.54, 1.807) is 6.92 Å². The van der Waals surface area contributed by atoms with Crippen molar-refractivity contribution in [3.63, 3.8) is 0 Å². The summed E-state index contributed by atoms with van der Waals surface area (Å²) in [7, 11) is -3.22. The lowest BCUT2D eigenvalue weighted by atomic mass is 10.1. The average Bonchev–Trinajstić information content (AvgIpc) is 3.18. The Morgan fingerprint density at radius 3 is 2.38 bits per heavy atom. The molecule has 0 amide bonds. The van der Waals surface area contributed by atoms with Crippen LogP contribution in [0.2, 0.25) is 0 Å². The van der Waals surface area contributed by atoms with Gasteiger partial charge in [0.2, 0.25) is 5.89 Å². The van der Waals surface area contributed by atoms with Gasteiger partial charge in [0.05, 0.1) is 12.3 Å². The summed E-state index contributed by atoms with van der Waals surface area (Å²) in [5, 5.41) is 0. The first-order valence-corrected chi connectivity index (χ1v) is 12.7. The summed E-state index contributed by atoms with van der Waals surface area (Å²) in [5.74, 6) is 2.27. The summed E-state index contributed by atoms with van der Waals surface area (Å²) < 4.78 is 41.4. The summed E-state index contributed by atoms with van der Waals surface area (Å²) in [6.45, 7) is 6.25. The number of ether oxygens (including phenoxy) is 2. The van der Waals surface area contributed by atoms with Gasteiger partial charge in [0.15, 0.2) is 15.3 Å². The zero-order chi connectivity index (χ0) is 23.0. The third kappa shape index (κ3) is 6.43. The van der Waals surface area contributed by atoms with Crippen LogP contribution in [0, 0.1) is 6.92 Å². The molecule has 0 N–H and O–H groups in total. The Balaban J connectivity index is 1.51. The molecule has 172 valence electrons. The molecule has 0 aliphatic rings. The molecule has 0 aliphatic carbocycles. The minimum atomic E-state index is -3.22. The lowest BCUT2D eigenvalue weighted by Crippen LogP contribution is -2.26. The van der Waals surface area contributed by atoms with Crippen LogP contribution >= 0.6 is 0 Å². The smallest absolute Gasteiger partial charge is 0.226 e. The zero-order valence-corrected chi connectivity index (χ0v) is 19.7. The topological polar surface area (TPSA) is 78.6 Å². The maximum absolute atomic E-state index is 12.1. The maximum atomic E-state index is 12.1. The molecule has 0 radical (unpaired) electrons. The van der Waals surface area contributed by atoms with Crippen molar-refractivity contribution in [3.8, 4) is 17.2 Å². The van der Waals surface area contributed by atoms with E-state index in [2.05, 4.69) is 4.98 Å². The average molecular weight is 458 g/mol. The van der Waals surface area contributed by atoms with Gasteiger partial charge >= 0.3 is 0 Å². The third-order valence-electron chi connectivity index (χ3n) is 5.27. The van der Waals surface area contributed by atoms with Crippen LogP contribution in [-0.4, -0.2) is 37.8 Å². The van der Waals surface area contributed by atoms with Crippen molar-refractivity contribution in [2.24, 2.45) is 0 Å². The molecule has 32 heavy (non-hydrogen) atoms. The predicted molar refractivity (Wildman–Crippen MR) is 126 cm³/mol. The number of aromatic nitrogens is 1. The summed E-state index contributed by atoms with van der Waals surface area (Å²) in [6, 6.07) is 17.6. The van der Waals surface area contributed by atoms with Gasteiger partial charge in [-0.05, 0) is 56.5 Å². The molecule has 0 fully saturated rings. The van der Waals surface area contributed by atoms with Crippen molar-refractivity contribution >= 4 is 9.84 Å². The van der Waals surface area contributed by atoms with E-state index in [9.17, 15) is 8.42 Å². The molecule has 6 nitrogen and oxygen atoms in total. The van der Waals surface area contributed by atoms with E-state index in [0.29, 0.717) is 38.4 Å². The van der Waals surface area contributed by atoms with E-state index >= 15 is 0 Å². The molecule has 3 rings (SSSR count). The summed E-state index contributed by atoms with van der Waals surface area (Å²) >= 11 is 0. The van der Waals surface area contributed by atoms with Crippen LogP contribution in [0.4, 0.5) is 0 Å². The Kier molecular flexibility index (Phi) is 8.47. The fraction of sp³-hybridized carbons (Fsp3) is 0.400. The SMILES string of the molecule is CCOC(CCc1ccc(OCCc2nc(-c3ccccc3)oc2C)cc1)S(=O)(=O)CC. The monoisotopic (exact) mass is 457 g/mol. The standard InChI is InChI=1S/C25H31NO5S/c1-4-29-24(32(27,28)5-2)16-13-20-11-14-22(15-12-20)30-18-17-23-19(3)31-25(26-23)21-9-7-6-8-10-21/h6-12,14-15,24H,4-5,13,16-18H2,1-3H3. The van der Waals surface area contributed by atoms with Gasteiger partial charge in [-0.25, -0.2) is 13.4 Å². The van der Waals surface area contributed by atoms with Gasteiger partial charge in [-0.3, -0.25) is 0 Å². The van der Waals surface area contributed by atoms with Crippen molar-refractivity contribution in [3.05, 3.63) is 71.6 Å². The minimum absolute atomic E-state index is 0.0856. The van der Waals surface area contributed by atoms with Gasteiger partial charge < -0.3 is 13.9 Å². The number of hydrogen-bond acceptors (Lipinski definition) is 6. The van der Waals surface area contributed by atoms with E-state index < -0.39 is 15.3 Å². The van der Waals surface area contributed by atoms with E-state index in [-0.39, 0.29) is 5.75 Å². The number of aryl methyl sites for hydroxylation is 2. The van der Waals surface area contributed by atoms with E-state index in [4.69, 9.17) is 13.9 Å². The predicted octanol–water partition coefficient (Wildman–Crippen LogP) is 5.00. The first kappa shape index (κ1) is 24.0. The second-order valence-corrected chi connectivity index (χ2v) is 9.93. The Labute approximate surface area is 190 Å². The second kappa shape index (κ2) is 11.3. The fourth-order valence-corrected chi connectivity index (χ4v) is 4.60. The number of rotatable bonds is 12. The van der Waals surface area contributed by atoms with Crippen LogP contribution < -0.4 is 4.74 Å². The Bertz CT molecular complexity index is 1080. The molecule has 0 spiro atoms. The molecule has 2 aromatic carbocycles. The number of hydrogen-bond donors (Lipinski definition) is 0. The molecule has 1 aromatic heterocycles. The molecule has 0 saturated heterocycles. The summed E-state index contributed by atoms with van der Waals surface area (Å²) in [6.07, 6.45) is 1.72. The van der Waals surface area contributed by atoms with Crippen LogP contribution in [-0.2, 0) is 27.4 Å². The van der Waals surface area contributed by atoms with Crippen LogP contribution in [0.15, 0.2) is 59.0 Å². The molecule has 0 bridgehead atoms. The van der Waals surface area contributed by atoms with Gasteiger partial charge in [-0.1, -0.05) is 37.3 Å². The highest BCUT2D eigenvalue weighted by molar-refractivity contribution is 7.91. The molecule has 3 aromatic rings. The summed E-state index contributed by atoms with van der Waals surface area (Å²) in [5.41, 5.74) is 2.14. The number of sulfone groups is 1. The highest BCUT2D eigenvalue weighted by Gasteiger charge is 2.23. The molecule has 1 heterocycles. The summed E-state index contributed by atoms with van der Waals surface area (Å²) in [4.78, 5) is 4.60. The van der Waals surface area contributed by atoms with E-state index in [0.717, 1.165) is 28.3 Å². The van der Waals surface area contributed by atoms with Crippen molar-refractivity contribution in [1.29, 1.82) is 0 Å². The van der Waals surface area contributed by atoms with E-state index in [1.807, 2.05) is 68.4 Å². The zero-order valence-electron chi connectivity index (χ0n) is 18.9. The van der Waals surface area contributed by atoms with Gasteiger partial charge in [0.1, 0.15) is 11.5 Å². The Morgan fingerprint density at radius 1 is 1.00 bits per heavy atom. The molecule has 0 saturated carbocycles. The first-order chi connectivity index (χ1) is 15.4. The largest absolute Gasteiger partial charge is 0.493 e. The highest BCUT2D eigenvalue weighted by Crippen LogP contribution is 2.22. The second-order valence-electron chi connectivity index (χ2n) is 7.51. The highest BCUT2D eigenvalue weighted by atomic mass is 32.2. The van der Waals surface area contributed by atoms with Gasteiger partial charge in [0, 0.05) is 24.3 Å². The van der Waals surface area contributed by atoms with Crippen LogP contribution in [0.25, 0.3) is 11.5 Å². The molecule has 1 unspecified atom stereocenters. The van der Waals surface area contributed by atoms with Crippen molar-refractivity contribution < 1.29 is 22.3 Å². The fourth-order valence-electron chi connectivity index (χ4n) is 3.40. The van der Waals surface area contributed by atoms with Gasteiger partial charge in [0.25, 0.3) is 0 Å². The molecule has 7 heteroatoms.